The lowest BCUT2D eigenvalue weighted by Crippen LogP contribution is -2.37. The molecule has 2 aliphatic rings. The third-order valence-electron chi connectivity index (χ3n) is 5.38. The van der Waals surface area contributed by atoms with Crippen molar-refractivity contribution in [3.63, 3.8) is 0 Å². The highest BCUT2D eigenvalue weighted by atomic mass is 16.2. The van der Waals surface area contributed by atoms with Crippen molar-refractivity contribution >= 4 is 11.8 Å². The molecule has 26 heavy (non-hydrogen) atoms. The van der Waals surface area contributed by atoms with Gasteiger partial charge in [0.1, 0.15) is 0 Å². The lowest BCUT2D eigenvalue weighted by molar-refractivity contribution is -0.136. The number of pyridine rings is 1. The lowest BCUT2D eigenvalue weighted by Gasteiger charge is -2.27. The first-order chi connectivity index (χ1) is 12.7. The first-order valence-electron chi connectivity index (χ1n) is 9.24. The standard InChI is InChI=1S/C21H23N3O2/c25-20-12-18(15-23(20)14-16-6-4-10-22-13-16)21(26)24-11-5-9-19(24)17-7-2-1-3-8-17/h1-4,6-8,10,13,18-19H,5,9,11-12,14-15H2/t18-,19-/m0/s1. The zero-order valence-corrected chi connectivity index (χ0v) is 14.8. The highest BCUT2D eigenvalue weighted by molar-refractivity contribution is 5.89. The van der Waals surface area contributed by atoms with Crippen LogP contribution < -0.4 is 0 Å². The molecule has 2 amide bonds. The Morgan fingerprint density at radius 1 is 1.15 bits per heavy atom. The van der Waals surface area contributed by atoms with Crippen molar-refractivity contribution in [2.45, 2.75) is 31.8 Å². The highest BCUT2D eigenvalue weighted by Crippen LogP contribution is 2.34. The van der Waals surface area contributed by atoms with E-state index < -0.39 is 0 Å². The number of carbonyl (C=O) groups excluding carboxylic acids is 2. The van der Waals surface area contributed by atoms with Crippen LogP contribution in [0.15, 0.2) is 54.9 Å². The molecule has 2 aliphatic heterocycles. The number of aromatic nitrogens is 1. The van der Waals surface area contributed by atoms with E-state index in [1.54, 1.807) is 17.3 Å². The van der Waals surface area contributed by atoms with E-state index in [9.17, 15) is 9.59 Å². The van der Waals surface area contributed by atoms with Crippen LogP contribution in [0.4, 0.5) is 0 Å². The number of hydrogen-bond acceptors (Lipinski definition) is 3. The molecule has 4 rings (SSSR count). The fraction of sp³-hybridized carbons (Fsp3) is 0.381. The number of amides is 2. The predicted octanol–water partition coefficient (Wildman–Crippen LogP) is 2.79. The van der Waals surface area contributed by atoms with Crippen molar-refractivity contribution in [2.75, 3.05) is 13.1 Å². The van der Waals surface area contributed by atoms with E-state index >= 15 is 0 Å². The normalized spacial score (nSPS) is 22.8. The van der Waals surface area contributed by atoms with Crippen molar-refractivity contribution in [3.05, 3.63) is 66.0 Å². The zero-order chi connectivity index (χ0) is 17.9. The fourth-order valence-corrected chi connectivity index (χ4v) is 4.09. The smallest absolute Gasteiger partial charge is 0.228 e. The number of hydrogen-bond donors (Lipinski definition) is 0. The minimum atomic E-state index is -0.233. The van der Waals surface area contributed by atoms with Gasteiger partial charge in [-0.3, -0.25) is 14.6 Å². The third kappa shape index (κ3) is 3.34. The van der Waals surface area contributed by atoms with E-state index in [0.717, 1.165) is 24.9 Å². The van der Waals surface area contributed by atoms with Gasteiger partial charge in [-0.05, 0) is 30.0 Å². The number of benzene rings is 1. The van der Waals surface area contributed by atoms with E-state index in [4.69, 9.17) is 0 Å². The van der Waals surface area contributed by atoms with Gasteiger partial charge >= 0.3 is 0 Å². The maximum absolute atomic E-state index is 13.1. The molecule has 1 aromatic carbocycles. The Morgan fingerprint density at radius 3 is 2.77 bits per heavy atom. The predicted molar refractivity (Wildman–Crippen MR) is 97.9 cm³/mol. The second-order valence-electron chi connectivity index (χ2n) is 7.14. The highest BCUT2D eigenvalue weighted by Gasteiger charge is 2.40. The molecule has 0 radical (unpaired) electrons. The molecule has 2 fully saturated rings. The van der Waals surface area contributed by atoms with Gasteiger partial charge in [-0.1, -0.05) is 36.4 Å². The third-order valence-corrected chi connectivity index (χ3v) is 5.38. The van der Waals surface area contributed by atoms with Crippen LogP contribution in [0.2, 0.25) is 0 Å². The molecule has 3 heterocycles. The summed E-state index contributed by atoms with van der Waals surface area (Å²) in [6.45, 7) is 1.81. The topological polar surface area (TPSA) is 53.5 Å². The maximum atomic E-state index is 13.1. The lowest BCUT2D eigenvalue weighted by atomic mass is 10.0. The molecule has 0 N–H and O–H groups in total. The molecule has 2 atom stereocenters. The van der Waals surface area contributed by atoms with Crippen molar-refractivity contribution in [1.29, 1.82) is 0 Å². The largest absolute Gasteiger partial charge is 0.337 e. The summed E-state index contributed by atoms with van der Waals surface area (Å²) >= 11 is 0. The summed E-state index contributed by atoms with van der Waals surface area (Å²) in [4.78, 5) is 33.4. The molecule has 2 saturated heterocycles. The second-order valence-corrected chi connectivity index (χ2v) is 7.14. The molecule has 0 unspecified atom stereocenters. The molecular weight excluding hydrogens is 326 g/mol. The Bertz CT molecular complexity index is 778. The van der Waals surface area contributed by atoms with Gasteiger partial charge in [-0.15, -0.1) is 0 Å². The summed E-state index contributed by atoms with van der Waals surface area (Å²) in [7, 11) is 0. The Kier molecular flexibility index (Phi) is 4.69. The molecular formula is C21H23N3O2. The first-order valence-corrected chi connectivity index (χ1v) is 9.24. The van der Waals surface area contributed by atoms with Crippen LogP contribution in [0.1, 0.15) is 36.4 Å². The van der Waals surface area contributed by atoms with Crippen molar-refractivity contribution in [3.8, 4) is 0 Å². The van der Waals surface area contributed by atoms with Crippen LogP contribution in [0.5, 0.6) is 0 Å². The average molecular weight is 349 g/mol. The summed E-state index contributed by atoms with van der Waals surface area (Å²) < 4.78 is 0. The summed E-state index contributed by atoms with van der Waals surface area (Å²) in [6.07, 6.45) is 5.82. The minimum absolute atomic E-state index is 0.0580. The minimum Gasteiger partial charge on any atom is -0.337 e. The number of rotatable bonds is 4. The molecule has 0 bridgehead atoms. The SMILES string of the molecule is O=C1C[C@H](C(=O)N2CCC[C@H]2c2ccccc2)CN1Cc1cccnc1. The number of likely N-dealkylation sites (tertiary alicyclic amines) is 2. The Hall–Kier alpha value is -2.69. The second kappa shape index (κ2) is 7.28. The summed E-state index contributed by atoms with van der Waals surface area (Å²) in [5.41, 5.74) is 2.19. The fourth-order valence-electron chi connectivity index (χ4n) is 4.09. The summed E-state index contributed by atoms with van der Waals surface area (Å²) in [5, 5.41) is 0. The van der Waals surface area contributed by atoms with Gasteiger partial charge in [0.05, 0.1) is 12.0 Å². The van der Waals surface area contributed by atoms with Gasteiger partial charge in [0, 0.05) is 38.4 Å². The van der Waals surface area contributed by atoms with Gasteiger partial charge in [-0.2, -0.15) is 0 Å². The van der Waals surface area contributed by atoms with Crippen molar-refractivity contribution in [2.24, 2.45) is 5.92 Å². The van der Waals surface area contributed by atoms with Gasteiger partial charge in [0.2, 0.25) is 11.8 Å². The van der Waals surface area contributed by atoms with Crippen LogP contribution in [0, 0.1) is 5.92 Å². The van der Waals surface area contributed by atoms with Gasteiger partial charge in [0.15, 0.2) is 0 Å². The van der Waals surface area contributed by atoms with E-state index in [2.05, 4.69) is 17.1 Å². The van der Waals surface area contributed by atoms with E-state index in [1.165, 1.54) is 5.56 Å². The molecule has 5 heteroatoms. The average Bonchev–Trinajstić information content (AvgIpc) is 3.30. The molecule has 5 nitrogen and oxygen atoms in total. The molecule has 0 saturated carbocycles. The molecule has 1 aromatic heterocycles. The maximum Gasteiger partial charge on any atom is 0.228 e. The summed E-state index contributed by atoms with van der Waals surface area (Å²) in [5.74, 6) is -0.0514. The molecule has 0 spiro atoms. The number of nitrogens with zero attached hydrogens (tertiary/aromatic N) is 3. The van der Waals surface area contributed by atoms with Crippen molar-refractivity contribution < 1.29 is 9.59 Å². The van der Waals surface area contributed by atoms with Gasteiger partial charge in [0.25, 0.3) is 0 Å². The quantitative estimate of drug-likeness (QED) is 0.853. The first kappa shape index (κ1) is 16.8. The van der Waals surface area contributed by atoms with E-state index in [1.807, 2.05) is 35.2 Å². The van der Waals surface area contributed by atoms with Crippen LogP contribution in [0.25, 0.3) is 0 Å². The van der Waals surface area contributed by atoms with Crippen LogP contribution >= 0.6 is 0 Å². The van der Waals surface area contributed by atoms with Gasteiger partial charge in [-0.25, -0.2) is 0 Å². The molecule has 134 valence electrons. The monoisotopic (exact) mass is 349 g/mol. The van der Waals surface area contributed by atoms with E-state index in [0.29, 0.717) is 19.5 Å². The Labute approximate surface area is 153 Å². The Balaban J connectivity index is 1.44. The zero-order valence-electron chi connectivity index (χ0n) is 14.8. The van der Waals surface area contributed by atoms with Crippen LogP contribution in [-0.2, 0) is 16.1 Å². The van der Waals surface area contributed by atoms with Gasteiger partial charge < -0.3 is 9.80 Å². The van der Waals surface area contributed by atoms with Crippen LogP contribution in [0.3, 0.4) is 0 Å². The van der Waals surface area contributed by atoms with Crippen molar-refractivity contribution in [1.82, 2.24) is 14.8 Å². The van der Waals surface area contributed by atoms with E-state index in [-0.39, 0.29) is 23.8 Å². The summed E-state index contributed by atoms with van der Waals surface area (Å²) in [6, 6.07) is 14.2. The molecule has 0 aliphatic carbocycles. The Morgan fingerprint density at radius 2 is 2.00 bits per heavy atom. The number of carbonyl (C=O) groups is 2. The van der Waals surface area contributed by atoms with Crippen LogP contribution in [-0.4, -0.2) is 39.7 Å². The molecule has 2 aromatic rings.